The van der Waals surface area contributed by atoms with Crippen LogP contribution >= 0.6 is 0 Å². The molecule has 0 heterocycles. The number of alkyl halides is 3. The van der Waals surface area contributed by atoms with Crippen molar-refractivity contribution in [2.45, 2.75) is 32.5 Å². The van der Waals surface area contributed by atoms with E-state index < -0.39 is 18.6 Å². The Morgan fingerprint density at radius 2 is 2.05 bits per heavy atom. The van der Waals surface area contributed by atoms with Crippen molar-refractivity contribution >= 4 is 5.97 Å². The van der Waals surface area contributed by atoms with E-state index in [1.807, 2.05) is 0 Å². The fourth-order valence-electron chi connectivity index (χ4n) is 1.55. The second-order valence-corrected chi connectivity index (χ2v) is 4.22. The smallest absolute Gasteiger partial charge is 0.389 e. The molecule has 0 atom stereocenters. The Bertz CT molecular complexity index is 441. The molecule has 0 aliphatic heterocycles. The molecule has 1 rings (SSSR count). The topological polar surface area (TPSA) is 46.5 Å². The average molecular weight is 276 g/mol. The van der Waals surface area contributed by atoms with Gasteiger partial charge >= 0.3 is 12.1 Å². The van der Waals surface area contributed by atoms with Crippen LogP contribution in [0.2, 0.25) is 0 Å². The van der Waals surface area contributed by atoms with Gasteiger partial charge in [0.2, 0.25) is 0 Å². The minimum absolute atomic E-state index is 0.0274. The lowest BCUT2D eigenvalue weighted by atomic mass is 10.1. The zero-order valence-corrected chi connectivity index (χ0v) is 10.5. The van der Waals surface area contributed by atoms with Crippen molar-refractivity contribution < 1.29 is 27.8 Å². The molecule has 3 nitrogen and oxygen atoms in total. The van der Waals surface area contributed by atoms with Crippen LogP contribution in [0.4, 0.5) is 13.2 Å². The molecule has 1 aromatic carbocycles. The fourth-order valence-corrected chi connectivity index (χ4v) is 1.55. The van der Waals surface area contributed by atoms with Crippen LogP contribution in [0, 0.1) is 6.92 Å². The molecule has 0 spiro atoms. The van der Waals surface area contributed by atoms with Gasteiger partial charge in [0.1, 0.15) is 0 Å². The number of halogens is 3. The Labute approximate surface area is 109 Å². The van der Waals surface area contributed by atoms with Gasteiger partial charge in [-0.3, -0.25) is 0 Å². The van der Waals surface area contributed by atoms with Gasteiger partial charge in [0.25, 0.3) is 0 Å². The normalized spacial score (nSPS) is 11.6. The van der Waals surface area contributed by atoms with Crippen LogP contribution in [0.3, 0.4) is 0 Å². The molecule has 1 N–H and O–H groups in total. The SMILES string of the molecule is Cc1cc(C(=O)O)ccc1COCCCC(F)(F)F. The number of rotatable bonds is 6. The molecule has 0 bridgehead atoms. The Kier molecular flexibility index (Phi) is 5.35. The molecule has 0 aromatic heterocycles. The number of aryl methyl sites for hydroxylation is 1. The van der Waals surface area contributed by atoms with Crippen molar-refractivity contribution in [2.24, 2.45) is 0 Å². The van der Waals surface area contributed by atoms with Crippen LogP contribution in [0.25, 0.3) is 0 Å². The van der Waals surface area contributed by atoms with Crippen molar-refractivity contribution in [1.82, 2.24) is 0 Å². The maximum atomic E-state index is 11.9. The molecule has 0 aliphatic carbocycles. The molecule has 0 aliphatic rings. The number of aromatic carboxylic acids is 1. The van der Waals surface area contributed by atoms with Crippen molar-refractivity contribution in [3.8, 4) is 0 Å². The molecule has 6 heteroatoms. The number of ether oxygens (including phenoxy) is 1. The first-order valence-electron chi connectivity index (χ1n) is 5.77. The summed E-state index contributed by atoms with van der Waals surface area (Å²) in [5, 5.41) is 8.78. The maximum absolute atomic E-state index is 11.9. The van der Waals surface area contributed by atoms with Gasteiger partial charge < -0.3 is 9.84 Å². The van der Waals surface area contributed by atoms with E-state index in [0.29, 0.717) is 0 Å². The van der Waals surface area contributed by atoms with E-state index in [-0.39, 0.29) is 25.2 Å². The monoisotopic (exact) mass is 276 g/mol. The first-order valence-corrected chi connectivity index (χ1v) is 5.77. The largest absolute Gasteiger partial charge is 0.478 e. The van der Waals surface area contributed by atoms with Crippen molar-refractivity contribution in [3.63, 3.8) is 0 Å². The third kappa shape index (κ3) is 5.74. The minimum Gasteiger partial charge on any atom is -0.478 e. The predicted octanol–water partition coefficient (Wildman–Crippen LogP) is 3.55. The summed E-state index contributed by atoms with van der Waals surface area (Å²) in [6.45, 7) is 1.95. The van der Waals surface area contributed by atoms with Crippen LogP contribution in [-0.4, -0.2) is 23.9 Å². The van der Waals surface area contributed by atoms with Gasteiger partial charge in [0.05, 0.1) is 12.2 Å². The van der Waals surface area contributed by atoms with E-state index in [1.54, 1.807) is 13.0 Å². The molecular formula is C13H15F3O3. The quantitative estimate of drug-likeness (QED) is 0.808. The Morgan fingerprint density at radius 1 is 1.37 bits per heavy atom. The Morgan fingerprint density at radius 3 is 2.58 bits per heavy atom. The third-order valence-corrected chi connectivity index (χ3v) is 2.60. The Balaban J connectivity index is 2.40. The van der Waals surface area contributed by atoms with Crippen molar-refractivity contribution in [3.05, 3.63) is 34.9 Å². The van der Waals surface area contributed by atoms with Gasteiger partial charge in [-0.2, -0.15) is 13.2 Å². The molecule has 0 fully saturated rings. The zero-order valence-electron chi connectivity index (χ0n) is 10.5. The van der Waals surface area contributed by atoms with Gasteiger partial charge in [0, 0.05) is 13.0 Å². The summed E-state index contributed by atoms with van der Waals surface area (Å²) < 4.78 is 40.8. The predicted molar refractivity (Wildman–Crippen MR) is 63.1 cm³/mol. The molecule has 0 radical (unpaired) electrons. The number of benzene rings is 1. The summed E-state index contributed by atoms with van der Waals surface area (Å²) in [5.74, 6) is -1.01. The molecule has 0 unspecified atom stereocenters. The van der Waals surface area contributed by atoms with E-state index in [9.17, 15) is 18.0 Å². The number of hydrogen-bond donors (Lipinski definition) is 1. The number of carboxylic acids is 1. The highest BCUT2D eigenvalue weighted by Crippen LogP contribution is 2.21. The molecule has 0 saturated heterocycles. The van der Waals surface area contributed by atoms with E-state index in [2.05, 4.69) is 0 Å². The summed E-state index contributed by atoms with van der Waals surface area (Å²) in [5.41, 5.74) is 1.70. The Hall–Kier alpha value is -1.56. The van der Waals surface area contributed by atoms with Crippen molar-refractivity contribution in [1.29, 1.82) is 0 Å². The number of carbonyl (C=O) groups is 1. The summed E-state index contributed by atoms with van der Waals surface area (Å²) in [4.78, 5) is 10.7. The van der Waals surface area contributed by atoms with E-state index in [0.717, 1.165) is 11.1 Å². The molecule has 0 amide bonds. The maximum Gasteiger partial charge on any atom is 0.389 e. The fraction of sp³-hybridized carbons (Fsp3) is 0.462. The van der Waals surface area contributed by atoms with Crippen LogP contribution < -0.4 is 0 Å². The van der Waals surface area contributed by atoms with Gasteiger partial charge in [0.15, 0.2) is 0 Å². The van der Waals surface area contributed by atoms with Crippen LogP contribution in [-0.2, 0) is 11.3 Å². The van der Waals surface area contributed by atoms with E-state index in [1.165, 1.54) is 12.1 Å². The standard InChI is InChI=1S/C13H15F3O3/c1-9-7-10(12(17)18)3-4-11(9)8-19-6-2-5-13(14,15)16/h3-4,7H,2,5-6,8H2,1H3,(H,17,18). The van der Waals surface area contributed by atoms with Gasteiger partial charge in [-0.25, -0.2) is 4.79 Å². The second kappa shape index (κ2) is 6.56. The molecule has 1 aromatic rings. The first kappa shape index (κ1) is 15.5. The van der Waals surface area contributed by atoms with Gasteiger partial charge in [-0.15, -0.1) is 0 Å². The summed E-state index contributed by atoms with van der Waals surface area (Å²) in [6, 6.07) is 4.57. The summed E-state index contributed by atoms with van der Waals surface area (Å²) >= 11 is 0. The average Bonchev–Trinajstić information content (AvgIpc) is 2.28. The lowest BCUT2D eigenvalue weighted by molar-refractivity contribution is -0.138. The summed E-state index contributed by atoms with van der Waals surface area (Å²) in [7, 11) is 0. The van der Waals surface area contributed by atoms with Crippen molar-refractivity contribution in [2.75, 3.05) is 6.61 Å². The molecule has 19 heavy (non-hydrogen) atoms. The third-order valence-electron chi connectivity index (χ3n) is 2.60. The van der Waals surface area contributed by atoms with Crippen LogP contribution in [0.1, 0.15) is 34.3 Å². The second-order valence-electron chi connectivity index (χ2n) is 4.22. The molecule has 0 saturated carbocycles. The summed E-state index contributed by atoms with van der Waals surface area (Å²) in [6.07, 6.45) is -5.08. The van der Waals surface area contributed by atoms with Gasteiger partial charge in [-0.05, 0) is 36.6 Å². The lowest BCUT2D eigenvalue weighted by Gasteiger charge is -2.09. The first-order chi connectivity index (χ1) is 8.79. The minimum atomic E-state index is -4.15. The highest BCUT2D eigenvalue weighted by Gasteiger charge is 2.25. The number of hydrogen-bond acceptors (Lipinski definition) is 2. The highest BCUT2D eigenvalue weighted by atomic mass is 19.4. The molecule has 106 valence electrons. The van der Waals surface area contributed by atoms with E-state index >= 15 is 0 Å². The van der Waals surface area contributed by atoms with Gasteiger partial charge in [-0.1, -0.05) is 6.07 Å². The highest BCUT2D eigenvalue weighted by molar-refractivity contribution is 5.87. The van der Waals surface area contributed by atoms with E-state index in [4.69, 9.17) is 9.84 Å². The zero-order chi connectivity index (χ0) is 14.5. The van der Waals surface area contributed by atoms with Crippen LogP contribution in [0.15, 0.2) is 18.2 Å². The number of carboxylic acid groups (broad SMARTS) is 1. The molecular weight excluding hydrogens is 261 g/mol. The van der Waals surface area contributed by atoms with Crippen LogP contribution in [0.5, 0.6) is 0 Å². The lowest BCUT2D eigenvalue weighted by Crippen LogP contribution is -2.09.